The van der Waals surface area contributed by atoms with Crippen molar-refractivity contribution in [2.75, 3.05) is 6.61 Å². The van der Waals surface area contributed by atoms with Crippen LogP contribution in [-0.4, -0.2) is 35.1 Å². The molecule has 90 valence electrons. The van der Waals surface area contributed by atoms with E-state index in [-0.39, 0.29) is 12.0 Å². The van der Waals surface area contributed by atoms with Gasteiger partial charge < -0.3 is 14.9 Å². The number of ether oxygens (including phenoxy) is 1. The van der Waals surface area contributed by atoms with Gasteiger partial charge in [-0.1, -0.05) is 19.1 Å². The van der Waals surface area contributed by atoms with Crippen LogP contribution >= 0.6 is 0 Å². The molecule has 1 fully saturated rings. The molecule has 1 aliphatic rings. The molecule has 1 rings (SSSR count). The molecule has 0 aromatic heterocycles. The molecule has 1 aliphatic heterocycles. The van der Waals surface area contributed by atoms with Gasteiger partial charge in [0.1, 0.15) is 0 Å². The van der Waals surface area contributed by atoms with Gasteiger partial charge in [-0.3, -0.25) is 0 Å². The average Bonchev–Trinajstić information content (AvgIpc) is 2.64. The third kappa shape index (κ3) is 3.60. The van der Waals surface area contributed by atoms with Crippen LogP contribution in [-0.2, 0) is 4.74 Å². The van der Waals surface area contributed by atoms with Gasteiger partial charge in [0.05, 0.1) is 31.0 Å². The van der Waals surface area contributed by atoms with Crippen LogP contribution in [0.2, 0.25) is 0 Å². The fraction of sp³-hybridized carbons (Fsp3) is 0.750. The molecular formula is C12H19NO3. The summed E-state index contributed by atoms with van der Waals surface area (Å²) in [6, 6.07) is 2.07. The van der Waals surface area contributed by atoms with Crippen molar-refractivity contribution in [3.63, 3.8) is 0 Å². The van der Waals surface area contributed by atoms with Crippen molar-refractivity contribution < 1.29 is 14.9 Å². The highest BCUT2D eigenvalue weighted by Gasteiger charge is 2.33. The van der Waals surface area contributed by atoms with Crippen molar-refractivity contribution in [3.05, 3.63) is 12.2 Å². The quantitative estimate of drug-likeness (QED) is 0.684. The molecule has 4 unspecified atom stereocenters. The zero-order chi connectivity index (χ0) is 12.0. The van der Waals surface area contributed by atoms with Crippen LogP contribution in [0.4, 0.5) is 0 Å². The lowest BCUT2D eigenvalue weighted by atomic mass is 9.93. The van der Waals surface area contributed by atoms with E-state index in [0.29, 0.717) is 25.9 Å². The second kappa shape index (κ2) is 6.64. The molecule has 16 heavy (non-hydrogen) atoms. The van der Waals surface area contributed by atoms with E-state index in [9.17, 15) is 10.2 Å². The van der Waals surface area contributed by atoms with E-state index in [4.69, 9.17) is 10.00 Å². The lowest BCUT2D eigenvalue weighted by Crippen LogP contribution is -2.22. The summed E-state index contributed by atoms with van der Waals surface area (Å²) in [5, 5.41) is 27.6. The van der Waals surface area contributed by atoms with Crippen LogP contribution in [0.5, 0.6) is 0 Å². The monoisotopic (exact) mass is 225 g/mol. The van der Waals surface area contributed by atoms with Crippen LogP contribution in [0.3, 0.4) is 0 Å². The number of hydrogen-bond acceptors (Lipinski definition) is 4. The van der Waals surface area contributed by atoms with Crippen LogP contribution in [0.15, 0.2) is 12.2 Å². The number of rotatable bonds is 5. The maximum Gasteiger partial charge on any atom is 0.0830 e. The molecule has 0 aromatic carbocycles. The zero-order valence-electron chi connectivity index (χ0n) is 9.54. The highest BCUT2D eigenvalue weighted by molar-refractivity contribution is 5.01. The van der Waals surface area contributed by atoms with E-state index < -0.39 is 12.2 Å². The number of aliphatic hydroxyl groups excluding tert-OH is 2. The van der Waals surface area contributed by atoms with Crippen LogP contribution in [0, 0.1) is 17.2 Å². The Morgan fingerprint density at radius 3 is 3.00 bits per heavy atom. The molecule has 1 heterocycles. The van der Waals surface area contributed by atoms with Gasteiger partial charge in [-0.15, -0.1) is 0 Å². The number of nitriles is 1. The zero-order valence-corrected chi connectivity index (χ0v) is 9.54. The van der Waals surface area contributed by atoms with E-state index in [0.717, 1.165) is 0 Å². The first-order valence-electron chi connectivity index (χ1n) is 5.72. The summed E-state index contributed by atoms with van der Waals surface area (Å²) in [7, 11) is 0. The topological polar surface area (TPSA) is 73.5 Å². The molecule has 4 heteroatoms. The Kier molecular flexibility index (Phi) is 5.47. The van der Waals surface area contributed by atoms with E-state index in [2.05, 4.69) is 6.07 Å². The molecule has 1 saturated heterocycles. The van der Waals surface area contributed by atoms with Gasteiger partial charge in [-0.25, -0.2) is 0 Å². The summed E-state index contributed by atoms with van der Waals surface area (Å²) in [5.74, 6) is -0.0278. The minimum absolute atomic E-state index is 0.0278. The Morgan fingerprint density at radius 2 is 2.38 bits per heavy atom. The lowest BCUT2D eigenvalue weighted by Gasteiger charge is -2.16. The lowest BCUT2D eigenvalue weighted by molar-refractivity contribution is 0.107. The predicted molar refractivity (Wildman–Crippen MR) is 59.5 cm³/mol. The van der Waals surface area contributed by atoms with Crippen LogP contribution < -0.4 is 0 Å². The normalized spacial score (nSPS) is 31.8. The van der Waals surface area contributed by atoms with Crippen molar-refractivity contribution in [1.29, 1.82) is 5.26 Å². The largest absolute Gasteiger partial charge is 0.390 e. The molecule has 0 amide bonds. The van der Waals surface area contributed by atoms with E-state index in [1.165, 1.54) is 0 Å². The molecule has 4 atom stereocenters. The maximum absolute atomic E-state index is 9.68. The second-order valence-electron chi connectivity index (χ2n) is 4.09. The standard InChI is InChI=1S/C12H19NO3/c1-2-9(14)5-6-12-10(4-3-7-13)11(15)8-16-12/h5-6,9-12,14-15H,2-4,8H2,1H3/b6-5+. The predicted octanol–water partition coefficient (Wildman–Crippen LogP) is 0.993. The van der Waals surface area contributed by atoms with Crippen molar-refractivity contribution in [3.8, 4) is 6.07 Å². The van der Waals surface area contributed by atoms with Gasteiger partial charge in [0, 0.05) is 12.3 Å². The third-order valence-corrected chi connectivity index (χ3v) is 2.91. The minimum Gasteiger partial charge on any atom is -0.390 e. The molecule has 4 nitrogen and oxygen atoms in total. The van der Waals surface area contributed by atoms with E-state index >= 15 is 0 Å². The molecule has 0 spiro atoms. The Bertz CT molecular complexity index is 272. The Labute approximate surface area is 96.2 Å². The first kappa shape index (κ1) is 13.2. The Balaban J connectivity index is 2.51. The average molecular weight is 225 g/mol. The van der Waals surface area contributed by atoms with Gasteiger partial charge in [0.2, 0.25) is 0 Å². The summed E-state index contributed by atoms with van der Waals surface area (Å²) in [4.78, 5) is 0. The van der Waals surface area contributed by atoms with Crippen LogP contribution in [0.1, 0.15) is 26.2 Å². The van der Waals surface area contributed by atoms with Crippen molar-refractivity contribution in [1.82, 2.24) is 0 Å². The summed E-state index contributed by atoms with van der Waals surface area (Å²) < 4.78 is 5.41. The summed E-state index contributed by atoms with van der Waals surface area (Å²) in [5.41, 5.74) is 0. The molecule has 0 bridgehead atoms. The van der Waals surface area contributed by atoms with Crippen LogP contribution in [0.25, 0.3) is 0 Å². The number of nitrogens with zero attached hydrogens (tertiary/aromatic N) is 1. The van der Waals surface area contributed by atoms with Gasteiger partial charge in [0.25, 0.3) is 0 Å². The molecule has 0 radical (unpaired) electrons. The molecule has 0 saturated carbocycles. The summed E-state index contributed by atoms with van der Waals surface area (Å²) in [6.45, 7) is 2.21. The van der Waals surface area contributed by atoms with Crippen molar-refractivity contribution in [2.45, 2.75) is 44.5 Å². The first-order chi connectivity index (χ1) is 7.69. The Hall–Kier alpha value is -0.890. The van der Waals surface area contributed by atoms with E-state index in [1.807, 2.05) is 6.92 Å². The third-order valence-electron chi connectivity index (χ3n) is 2.91. The van der Waals surface area contributed by atoms with Gasteiger partial charge >= 0.3 is 0 Å². The fourth-order valence-electron chi connectivity index (χ4n) is 1.84. The molecule has 0 aromatic rings. The highest BCUT2D eigenvalue weighted by atomic mass is 16.5. The van der Waals surface area contributed by atoms with Crippen molar-refractivity contribution in [2.24, 2.45) is 5.92 Å². The van der Waals surface area contributed by atoms with Crippen molar-refractivity contribution >= 4 is 0 Å². The minimum atomic E-state index is -0.498. The molecular weight excluding hydrogens is 206 g/mol. The van der Waals surface area contributed by atoms with Gasteiger partial charge in [0.15, 0.2) is 0 Å². The fourth-order valence-corrected chi connectivity index (χ4v) is 1.84. The second-order valence-corrected chi connectivity index (χ2v) is 4.09. The first-order valence-corrected chi connectivity index (χ1v) is 5.72. The molecule has 0 aliphatic carbocycles. The molecule has 2 N–H and O–H groups in total. The SMILES string of the molecule is CCC(O)/C=C/C1OCC(O)C1CCC#N. The number of hydrogen-bond donors (Lipinski definition) is 2. The highest BCUT2D eigenvalue weighted by Crippen LogP contribution is 2.26. The van der Waals surface area contributed by atoms with Gasteiger partial charge in [-0.05, 0) is 12.8 Å². The maximum atomic E-state index is 9.68. The summed E-state index contributed by atoms with van der Waals surface area (Å²) >= 11 is 0. The van der Waals surface area contributed by atoms with E-state index in [1.54, 1.807) is 12.2 Å². The summed E-state index contributed by atoms with van der Waals surface area (Å²) in [6.07, 6.45) is 4.08. The number of aliphatic hydroxyl groups is 2. The smallest absolute Gasteiger partial charge is 0.0830 e. The Morgan fingerprint density at radius 1 is 1.62 bits per heavy atom. The van der Waals surface area contributed by atoms with Gasteiger partial charge in [-0.2, -0.15) is 5.26 Å².